The summed E-state index contributed by atoms with van der Waals surface area (Å²) in [5.41, 5.74) is 0.841. The Morgan fingerprint density at radius 1 is 1.15 bits per heavy atom. The first-order valence-electron chi connectivity index (χ1n) is 18.3. The van der Waals surface area contributed by atoms with E-state index in [-0.39, 0.29) is 17.3 Å². The van der Waals surface area contributed by atoms with Gasteiger partial charge >= 0.3 is 17.7 Å². The summed E-state index contributed by atoms with van der Waals surface area (Å²) in [6.07, 6.45) is 9.24. The number of rotatable bonds is 9. The van der Waals surface area contributed by atoms with Gasteiger partial charge in [0, 0.05) is 12.6 Å². The maximum atomic E-state index is 14.5. The summed E-state index contributed by atoms with van der Waals surface area (Å²) in [5.74, 6) is 0.561. The standard InChI is InChI=1S/C37H55F2N3O6/c1-21(2)7-6-8-22(3)26-11-12-27-25-10-9-23-19-24(13-16-35(23,4)28(25)14-17-36(26,27)5)47-34(46)41-30-15-18-42(33(45)40-30)32-37(38,39)31(44)29(20-43)48-32/h9,15,18,21-22,24-29,31-32,43-44H,6-8,10-14,16-17,19-20H2,1-5H3,(H,40,41,45,46)/t22?,24?,25?,26?,27?,28?,29-,31-,32-,35?,36?/m1/s1. The van der Waals surface area contributed by atoms with Gasteiger partial charge in [-0.1, -0.05) is 65.5 Å². The van der Waals surface area contributed by atoms with E-state index in [9.17, 15) is 28.6 Å². The average molecular weight is 676 g/mol. The van der Waals surface area contributed by atoms with Gasteiger partial charge in [-0.15, -0.1) is 0 Å². The highest BCUT2D eigenvalue weighted by molar-refractivity contribution is 5.83. The smallest absolute Gasteiger partial charge is 0.413 e. The summed E-state index contributed by atoms with van der Waals surface area (Å²) < 4.78 is 40.4. The number of aromatic nitrogens is 2. The highest BCUT2D eigenvalue weighted by Gasteiger charge is 2.60. The molecule has 6 rings (SSSR count). The number of hydrogen-bond acceptors (Lipinski definition) is 7. The van der Waals surface area contributed by atoms with Crippen molar-refractivity contribution < 1.29 is 33.3 Å². The zero-order chi connectivity index (χ0) is 34.6. The maximum absolute atomic E-state index is 14.5. The Kier molecular flexibility index (Phi) is 9.90. The lowest BCUT2D eigenvalue weighted by atomic mass is 9.47. The Balaban J connectivity index is 1.06. The van der Waals surface area contributed by atoms with Crippen LogP contribution in [0.2, 0.25) is 0 Å². The number of anilines is 1. The highest BCUT2D eigenvalue weighted by Crippen LogP contribution is 2.67. The number of amides is 1. The molecule has 1 aliphatic heterocycles. The number of fused-ring (bicyclic) bond motifs is 5. The molecule has 1 saturated heterocycles. The van der Waals surface area contributed by atoms with Crippen LogP contribution in [0.3, 0.4) is 0 Å². The van der Waals surface area contributed by atoms with Crippen molar-refractivity contribution in [1.82, 2.24) is 9.55 Å². The van der Waals surface area contributed by atoms with E-state index >= 15 is 0 Å². The first kappa shape index (κ1) is 35.5. The van der Waals surface area contributed by atoms with Crippen molar-refractivity contribution in [3.63, 3.8) is 0 Å². The minimum atomic E-state index is -3.82. The maximum Gasteiger partial charge on any atom is 0.413 e. The molecule has 11 heteroatoms. The normalized spacial score (nSPS) is 39.2. The van der Waals surface area contributed by atoms with Crippen molar-refractivity contribution in [2.45, 2.75) is 136 Å². The number of hydrogen-bond donors (Lipinski definition) is 3. The second kappa shape index (κ2) is 13.4. The third-order valence-corrected chi connectivity index (χ3v) is 13.4. The molecule has 2 heterocycles. The molecule has 5 aliphatic rings. The molecular weight excluding hydrogens is 620 g/mol. The Labute approximate surface area is 282 Å². The van der Waals surface area contributed by atoms with E-state index in [1.54, 1.807) is 0 Å². The monoisotopic (exact) mass is 675 g/mol. The van der Waals surface area contributed by atoms with Gasteiger partial charge < -0.3 is 19.7 Å². The van der Waals surface area contributed by atoms with Gasteiger partial charge in [0.05, 0.1) is 6.61 Å². The van der Waals surface area contributed by atoms with Crippen LogP contribution < -0.4 is 11.0 Å². The van der Waals surface area contributed by atoms with E-state index in [4.69, 9.17) is 9.47 Å². The number of alkyl halides is 2. The predicted molar refractivity (Wildman–Crippen MR) is 177 cm³/mol. The molecule has 1 aromatic heterocycles. The fourth-order valence-corrected chi connectivity index (χ4v) is 10.8. The summed E-state index contributed by atoms with van der Waals surface area (Å²) in [7, 11) is 0. The first-order chi connectivity index (χ1) is 22.7. The van der Waals surface area contributed by atoms with E-state index in [1.165, 1.54) is 56.6 Å². The number of aliphatic hydroxyl groups excluding tert-OH is 2. The Bertz CT molecular complexity index is 1430. The van der Waals surface area contributed by atoms with Crippen LogP contribution in [0.5, 0.6) is 0 Å². The molecule has 0 spiro atoms. The molecule has 0 aromatic carbocycles. The average Bonchev–Trinajstić information content (AvgIpc) is 3.49. The van der Waals surface area contributed by atoms with E-state index < -0.39 is 42.7 Å². The van der Waals surface area contributed by atoms with E-state index in [0.717, 1.165) is 49.1 Å². The molecule has 8 unspecified atom stereocenters. The lowest BCUT2D eigenvalue weighted by Crippen LogP contribution is -2.51. The molecule has 3 saturated carbocycles. The molecule has 1 amide bonds. The van der Waals surface area contributed by atoms with Gasteiger partial charge in [0.2, 0.25) is 6.23 Å². The zero-order valence-electron chi connectivity index (χ0n) is 29.2. The summed E-state index contributed by atoms with van der Waals surface area (Å²) in [5, 5.41) is 21.5. The van der Waals surface area contributed by atoms with Gasteiger partial charge in [-0.05, 0) is 97.3 Å². The fraction of sp³-hybridized carbons (Fsp3) is 0.811. The molecule has 3 N–H and O–H groups in total. The van der Waals surface area contributed by atoms with E-state index in [1.807, 2.05) is 0 Å². The van der Waals surface area contributed by atoms with E-state index in [2.05, 4.69) is 51.0 Å². The molecule has 4 aliphatic carbocycles. The molecule has 48 heavy (non-hydrogen) atoms. The van der Waals surface area contributed by atoms with Gasteiger partial charge in [0.1, 0.15) is 18.0 Å². The zero-order valence-corrected chi connectivity index (χ0v) is 29.2. The summed E-state index contributed by atoms with van der Waals surface area (Å²) in [4.78, 5) is 29.2. The summed E-state index contributed by atoms with van der Waals surface area (Å²) in [6.45, 7) is 11.4. The number of ether oxygens (including phenoxy) is 2. The predicted octanol–water partition coefficient (Wildman–Crippen LogP) is 7.09. The van der Waals surface area contributed by atoms with Crippen LogP contribution in [0.4, 0.5) is 19.4 Å². The minimum absolute atomic E-state index is 0.112. The van der Waals surface area contributed by atoms with Crippen LogP contribution in [0.15, 0.2) is 28.7 Å². The van der Waals surface area contributed by atoms with Gasteiger partial charge in [-0.25, -0.2) is 9.59 Å². The molecule has 0 radical (unpaired) electrons. The molecule has 0 bridgehead atoms. The van der Waals surface area contributed by atoms with Crippen molar-refractivity contribution >= 4 is 11.9 Å². The number of aliphatic hydroxyl groups is 2. The number of allylic oxidation sites excluding steroid dienone is 1. The molecule has 1 aromatic rings. The van der Waals surface area contributed by atoms with E-state index in [0.29, 0.717) is 28.2 Å². The molecule has 9 nitrogen and oxygen atoms in total. The van der Waals surface area contributed by atoms with Crippen LogP contribution in [0.1, 0.15) is 111 Å². The Morgan fingerprint density at radius 3 is 2.60 bits per heavy atom. The SMILES string of the molecule is CC(C)CCCC(C)C1CCC2C3CC=C4CC(OC(=O)Nc5ccn([C@@H]6O[C@H](CO)[C@@H](O)C6(F)F)c(=O)n5)CCC4(C)C3CCC12C. The van der Waals surface area contributed by atoms with Crippen molar-refractivity contribution in [3.8, 4) is 0 Å². The Hall–Kier alpha value is -2.37. The topological polar surface area (TPSA) is 123 Å². The van der Waals surface area contributed by atoms with Gasteiger partial charge in [-0.2, -0.15) is 13.8 Å². The quantitative estimate of drug-likeness (QED) is 0.239. The highest BCUT2D eigenvalue weighted by atomic mass is 19.3. The second-order valence-electron chi connectivity index (χ2n) is 16.5. The third kappa shape index (κ3) is 6.25. The van der Waals surface area contributed by atoms with Crippen LogP contribution >= 0.6 is 0 Å². The minimum Gasteiger partial charge on any atom is -0.446 e. The number of nitrogens with one attached hydrogen (secondary N) is 1. The molecular formula is C37H55F2N3O6. The van der Waals surface area contributed by atoms with Crippen molar-refractivity contribution in [2.75, 3.05) is 11.9 Å². The molecule has 4 fully saturated rings. The summed E-state index contributed by atoms with van der Waals surface area (Å²) in [6, 6.07) is 1.19. The number of carbonyl (C=O) groups excluding carboxylic acids is 1. The fourth-order valence-electron chi connectivity index (χ4n) is 10.8. The second-order valence-corrected chi connectivity index (χ2v) is 16.5. The lowest BCUT2D eigenvalue weighted by molar-refractivity contribution is -0.140. The van der Waals surface area contributed by atoms with Crippen molar-refractivity contribution in [2.24, 2.45) is 46.3 Å². The van der Waals surface area contributed by atoms with Crippen molar-refractivity contribution in [1.29, 1.82) is 0 Å². The number of halogens is 2. The van der Waals surface area contributed by atoms with Gasteiger partial charge in [-0.3, -0.25) is 9.88 Å². The Morgan fingerprint density at radius 2 is 1.92 bits per heavy atom. The van der Waals surface area contributed by atoms with Crippen molar-refractivity contribution in [3.05, 3.63) is 34.4 Å². The van der Waals surface area contributed by atoms with Crippen LogP contribution in [0, 0.1) is 46.3 Å². The van der Waals surface area contributed by atoms with Crippen LogP contribution in [-0.2, 0) is 9.47 Å². The largest absolute Gasteiger partial charge is 0.446 e. The molecule has 268 valence electrons. The number of nitrogens with zero attached hydrogens (tertiary/aromatic N) is 2. The summed E-state index contributed by atoms with van der Waals surface area (Å²) >= 11 is 0. The van der Waals surface area contributed by atoms with Crippen LogP contribution in [-0.4, -0.2) is 56.7 Å². The number of carbonyl (C=O) groups is 1. The van der Waals surface area contributed by atoms with Gasteiger partial charge in [0.25, 0.3) is 0 Å². The van der Waals surface area contributed by atoms with Gasteiger partial charge in [0.15, 0.2) is 6.10 Å². The first-order valence-corrected chi connectivity index (χ1v) is 18.3. The third-order valence-electron chi connectivity index (χ3n) is 13.4. The molecule has 11 atom stereocenters. The van der Waals surface area contributed by atoms with Crippen LogP contribution in [0.25, 0.3) is 0 Å². The lowest BCUT2D eigenvalue weighted by Gasteiger charge is -2.58.